The van der Waals surface area contributed by atoms with E-state index in [1.165, 1.54) is 0 Å². The number of aliphatic hydroxyl groups is 1. The molecule has 3 nitrogen and oxygen atoms in total. The van der Waals surface area contributed by atoms with Crippen LogP contribution < -0.4 is 0 Å². The molecule has 2 aromatic rings. The van der Waals surface area contributed by atoms with Crippen LogP contribution in [0.4, 0.5) is 0 Å². The van der Waals surface area contributed by atoms with E-state index in [9.17, 15) is 9.90 Å². The Morgan fingerprint density at radius 3 is 2.54 bits per heavy atom. The van der Waals surface area contributed by atoms with Crippen LogP contribution in [0.5, 0.6) is 0 Å². The largest absolute Gasteiger partial charge is 0.396 e. The van der Waals surface area contributed by atoms with E-state index in [0.29, 0.717) is 35.1 Å². The lowest BCUT2D eigenvalue weighted by molar-refractivity contribution is 0.0779. The number of rotatable bonds is 4. The lowest BCUT2D eigenvalue weighted by Crippen LogP contribution is -2.35. The molecule has 1 aliphatic heterocycles. The van der Waals surface area contributed by atoms with Crippen LogP contribution in [0.25, 0.3) is 0 Å². The fourth-order valence-electron chi connectivity index (χ4n) is 3.43. The molecule has 0 bridgehead atoms. The number of aliphatic hydroxyl groups excluding tert-OH is 1. The highest BCUT2D eigenvalue weighted by Gasteiger charge is 2.41. The Hall–Kier alpha value is -1.55. The first-order valence-electron chi connectivity index (χ1n) is 7.96. The van der Waals surface area contributed by atoms with E-state index in [0.717, 1.165) is 12.0 Å². The van der Waals surface area contributed by atoms with Gasteiger partial charge in [-0.25, -0.2) is 0 Å². The fraction of sp³-hybridized carbons (Fsp3) is 0.316. The molecular weight excluding hydrogens is 345 g/mol. The van der Waals surface area contributed by atoms with Crippen LogP contribution in [0.1, 0.15) is 28.8 Å². The Bertz CT molecular complexity index is 735. The van der Waals surface area contributed by atoms with Crippen LogP contribution in [0.3, 0.4) is 0 Å². The summed E-state index contributed by atoms with van der Waals surface area (Å²) in [6, 6.07) is 14.9. The highest BCUT2D eigenvalue weighted by Crippen LogP contribution is 2.40. The van der Waals surface area contributed by atoms with Crippen molar-refractivity contribution in [1.82, 2.24) is 4.90 Å². The topological polar surface area (TPSA) is 40.5 Å². The van der Waals surface area contributed by atoms with Crippen molar-refractivity contribution in [3.05, 3.63) is 69.7 Å². The molecule has 1 fully saturated rings. The Balaban J connectivity index is 1.87. The minimum absolute atomic E-state index is 0.0236. The monoisotopic (exact) mass is 363 g/mol. The molecule has 1 atom stereocenters. The number of halogens is 2. The molecule has 1 aliphatic rings. The van der Waals surface area contributed by atoms with Crippen molar-refractivity contribution in [2.75, 3.05) is 19.7 Å². The van der Waals surface area contributed by atoms with Gasteiger partial charge in [-0.05, 0) is 42.7 Å². The van der Waals surface area contributed by atoms with Crippen LogP contribution in [0.2, 0.25) is 10.0 Å². The first-order chi connectivity index (χ1) is 11.6. The maximum atomic E-state index is 12.7. The van der Waals surface area contributed by atoms with Gasteiger partial charge in [0.25, 0.3) is 5.91 Å². The van der Waals surface area contributed by atoms with E-state index in [1.54, 1.807) is 6.07 Å². The third-order valence-electron chi connectivity index (χ3n) is 4.78. The molecule has 0 aromatic heterocycles. The van der Waals surface area contributed by atoms with E-state index in [4.69, 9.17) is 23.2 Å². The molecular formula is C19H19Cl2NO2. The van der Waals surface area contributed by atoms with Gasteiger partial charge in [-0.15, -0.1) is 0 Å². The lowest BCUT2D eigenvalue weighted by Gasteiger charge is -2.30. The first-order valence-corrected chi connectivity index (χ1v) is 8.72. The molecule has 0 radical (unpaired) electrons. The van der Waals surface area contributed by atoms with Crippen molar-refractivity contribution < 1.29 is 9.90 Å². The summed E-state index contributed by atoms with van der Waals surface area (Å²) in [5, 5.41) is 10.6. The summed E-state index contributed by atoms with van der Waals surface area (Å²) in [6.45, 7) is 1.29. The molecule has 1 amide bonds. The third kappa shape index (κ3) is 3.30. The van der Waals surface area contributed by atoms with Crippen LogP contribution in [-0.2, 0) is 5.41 Å². The summed E-state index contributed by atoms with van der Waals surface area (Å²) in [5.74, 6) is 0.0236. The van der Waals surface area contributed by atoms with Gasteiger partial charge in [0, 0.05) is 30.7 Å². The van der Waals surface area contributed by atoms with Gasteiger partial charge < -0.3 is 10.0 Å². The standard InChI is InChI=1S/C19H19Cl2NO2/c20-16-7-6-15(12-17(16)21)19(9-11-23)8-10-22(13-19)18(24)14-4-2-1-3-5-14/h1-7,12,23H,8-11,13H2/t19-/m1/s1. The van der Waals surface area contributed by atoms with Crippen molar-refractivity contribution in [3.8, 4) is 0 Å². The zero-order chi connectivity index (χ0) is 17.2. The van der Waals surface area contributed by atoms with Crippen LogP contribution in [0.15, 0.2) is 48.5 Å². The average Bonchev–Trinajstić information content (AvgIpc) is 3.03. The van der Waals surface area contributed by atoms with Gasteiger partial charge in [0.2, 0.25) is 0 Å². The second-order valence-corrected chi connectivity index (χ2v) is 7.04. The molecule has 1 saturated heterocycles. The summed E-state index contributed by atoms with van der Waals surface area (Å²) in [7, 11) is 0. The average molecular weight is 364 g/mol. The zero-order valence-corrected chi connectivity index (χ0v) is 14.7. The van der Waals surface area contributed by atoms with Crippen LogP contribution in [-0.4, -0.2) is 35.6 Å². The van der Waals surface area contributed by atoms with Crippen molar-refractivity contribution in [1.29, 1.82) is 0 Å². The molecule has 1 heterocycles. The number of likely N-dealkylation sites (tertiary alicyclic amines) is 1. The Labute approximate surface area is 151 Å². The Kier molecular flexibility index (Phi) is 5.14. The van der Waals surface area contributed by atoms with Gasteiger partial charge in [0.1, 0.15) is 0 Å². The zero-order valence-electron chi connectivity index (χ0n) is 13.2. The van der Waals surface area contributed by atoms with Gasteiger partial charge in [-0.2, -0.15) is 0 Å². The van der Waals surface area contributed by atoms with E-state index < -0.39 is 0 Å². The smallest absolute Gasteiger partial charge is 0.253 e. The SMILES string of the molecule is O=C(c1ccccc1)N1CC[C@](CCO)(c2ccc(Cl)c(Cl)c2)C1. The van der Waals surface area contributed by atoms with E-state index >= 15 is 0 Å². The number of amides is 1. The predicted octanol–water partition coefficient (Wildman–Crippen LogP) is 4.16. The van der Waals surface area contributed by atoms with Gasteiger partial charge in [0.15, 0.2) is 0 Å². The molecule has 0 aliphatic carbocycles. The molecule has 5 heteroatoms. The first kappa shape index (κ1) is 17.3. The van der Waals surface area contributed by atoms with Gasteiger partial charge in [-0.1, -0.05) is 47.5 Å². The normalized spacial score (nSPS) is 20.4. The summed E-state index contributed by atoms with van der Waals surface area (Å²) in [4.78, 5) is 14.6. The van der Waals surface area contributed by atoms with Gasteiger partial charge >= 0.3 is 0 Å². The molecule has 0 saturated carbocycles. The molecule has 126 valence electrons. The number of nitrogens with zero attached hydrogens (tertiary/aromatic N) is 1. The summed E-state index contributed by atoms with van der Waals surface area (Å²) >= 11 is 12.2. The highest BCUT2D eigenvalue weighted by atomic mass is 35.5. The third-order valence-corrected chi connectivity index (χ3v) is 5.52. The van der Waals surface area contributed by atoms with Crippen molar-refractivity contribution in [2.45, 2.75) is 18.3 Å². The minimum Gasteiger partial charge on any atom is -0.396 e. The van der Waals surface area contributed by atoms with E-state index in [2.05, 4.69) is 0 Å². The fourth-order valence-corrected chi connectivity index (χ4v) is 3.73. The summed E-state index contributed by atoms with van der Waals surface area (Å²) < 4.78 is 0. The summed E-state index contributed by atoms with van der Waals surface area (Å²) in [6.07, 6.45) is 1.38. The predicted molar refractivity (Wildman–Crippen MR) is 96.8 cm³/mol. The summed E-state index contributed by atoms with van der Waals surface area (Å²) in [5.41, 5.74) is 1.42. The Morgan fingerprint density at radius 1 is 1.12 bits per heavy atom. The second-order valence-electron chi connectivity index (χ2n) is 6.23. The van der Waals surface area contributed by atoms with Gasteiger partial charge in [-0.3, -0.25) is 4.79 Å². The van der Waals surface area contributed by atoms with E-state index in [-0.39, 0.29) is 17.9 Å². The molecule has 3 rings (SSSR count). The molecule has 1 N–H and O–H groups in total. The maximum absolute atomic E-state index is 12.7. The molecule has 2 aromatic carbocycles. The quantitative estimate of drug-likeness (QED) is 0.885. The second kappa shape index (κ2) is 7.14. The van der Waals surface area contributed by atoms with Crippen molar-refractivity contribution in [2.24, 2.45) is 0 Å². The number of hydrogen-bond donors (Lipinski definition) is 1. The number of hydrogen-bond acceptors (Lipinski definition) is 2. The molecule has 24 heavy (non-hydrogen) atoms. The van der Waals surface area contributed by atoms with E-state index in [1.807, 2.05) is 47.4 Å². The highest BCUT2D eigenvalue weighted by molar-refractivity contribution is 6.42. The maximum Gasteiger partial charge on any atom is 0.253 e. The molecule has 0 unspecified atom stereocenters. The number of carbonyl (C=O) groups is 1. The number of benzene rings is 2. The van der Waals surface area contributed by atoms with Crippen LogP contribution >= 0.6 is 23.2 Å². The van der Waals surface area contributed by atoms with Crippen molar-refractivity contribution in [3.63, 3.8) is 0 Å². The lowest BCUT2D eigenvalue weighted by atomic mass is 9.77. The van der Waals surface area contributed by atoms with Gasteiger partial charge in [0.05, 0.1) is 10.0 Å². The molecule has 0 spiro atoms. The number of carbonyl (C=O) groups excluding carboxylic acids is 1. The Morgan fingerprint density at radius 2 is 1.88 bits per heavy atom. The van der Waals surface area contributed by atoms with Crippen molar-refractivity contribution >= 4 is 29.1 Å². The minimum atomic E-state index is -0.284. The van der Waals surface area contributed by atoms with Crippen LogP contribution in [0, 0.1) is 0 Å².